The number of nitrogens with one attached hydrogen (secondary N) is 2. The third-order valence-electron chi connectivity index (χ3n) is 4.74. The minimum atomic E-state index is -4.54. The van der Waals surface area contributed by atoms with Gasteiger partial charge in [-0.3, -0.25) is 5.10 Å². The van der Waals surface area contributed by atoms with Crippen LogP contribution in [-0.4, -0.2) is 29.7 Å². The molecule has 10 heteroatoms. The van der Waals surface area contributed by atoms with E-state index in [1.54, 1.807) is 16.8 Å². The molecule has 0 bridgehead atoms. The Morgan fingerprint density at radius 2 is 1.81 bits per heavy atom. The molecule has 0 amide bonds. The number of fused-ring (bicyclic) bond motifs is 1. The minimum absolute atomic E-state index is 0.0592. The first kappa shape index (κ1) is 18.8. The van der Waals surface area contributed by atoms with E-state index in [1.165, 1.54) is 30.9 Å². The molecule has 3 heterocycles. The molecule has 0 aliphatic rings. The van der Waals surface area contributed by atoms with E-state index in [1.807, 2.05) is 24.3 Å². The largest absolute Gasteiger partial charge is 0.417 e. The van der Waals surface area contributed by atoms with E-state index < -0.39 is 11.7 Å². The topological polar surface area (TPSA) is 84.3 Å². The van der Waals surface area contributed by atoms with Crippen LogP contribution in [0.4, 0.5) is 24.9 Å². The number of nitrogens with zero attached hydrogens (tertiary/aromatic N) is 5. The van der Waals surface area contributed by atoms with Crippen LogP contribution >= 0.6 is 0 Å². The zero-order chi connectivity index (χ0) is 21.4. The number of hydrogen-bond acceptors (Lipinski definition) is 5. The summed E-state index contributed by atoms with van der Waals surface area (Å²) in [5.41, 5.74) is 0.444. The SMILES string of the molecule is FC(F)(F)c1ccccc1-c1nc(Nc2n[nH]c3ccccc23)ncc1-n1ccnc1. The fourth-order valence-electron chi connectivity index (χ4n) is 3.33. The highest BCUT2D eigenvalue weighted by Gasteiger charge is 2.34. The molecule has 0 saturated heterocycles. The molecule has 0 radical (unpaired) electrons. The average molecular weight is 421 g/mol. The second-order valence-corrected chi connectivity index (χ2v) is 6.68. The van der Waals surface area contributed by atoms with Gasteiger partial charge in [0.25, 0.3) is 0 Å². The highest BCUT2D eigenvalue weighted by Crippen LogP contribution is 2.38. The number of para-hydroxylation sites is 1. The van der Waals surface area contributed by atoms with Crippen molar-refractivity contribution >= 4 is 22.7 Å². The maximum Gasteiger partial charge on any atom is 0.417 e. The van der Waals surface area contributed by atoms with E-state index in [0.29, 0.717) is 11.5 Å². The number of halogens is 3. The highest BCUT2D eigenvalue weighted by atomic mass is 19.4. The molecule has 154 valence electrons. The zero-order valence-electron chi connectivity index (χ0n) is 15.8. The standard InChI is InChI=1S/C21H14F3N7/c22-21(23,24)15-7-3-1-5-13(15)18-17(31-10-9-25-12-31)11-26-20(27-18)28-19-14-6-2-4-8-16(14)29-30-19/h1-12H,(H2,26,27,28,29,30). The van der Waals surface area contributed by atoms with Gasteiger partial charge in [0.2, 0.25) is 5.95 Å². The lowest BCUT2D eigenvalue weighted by molar-refractivity contribution is -0.137. The maximum absolute atomic E-state index is 13.7. The van der Waals surface area contributed by atoms with Crippen LogP contribution in [0.15, 0.2) is 73.4 Å². The number of imidazole rings is 1. The smallest absolute Gasteiger partial charge is 0.307 e. The van der Waals surface area contributed by atoms with E-state index in [-0.39, 0.29) is 17.2 Å². The van der Waals surface area contributed by atoms with Gasteiger partial charge in [-0.2, -0.15) is 18.3 Å². The lowest BCUT2D eigenvalue weighted by Gasteiger charge is -2.16. The Hall–Kier alpha value is -4.21. The molecule has 5 rings (SSSR count). The molecule has 2 N–H and O–H groups in total. The molecular weight excluding hydrogens is 407 g/mol. The first-order valence-corrected chi connectivity index (χ1v) is 9.23. The maximum atomic E-state index is 13.7. The minimum Gasteiger partial charge on any atom is -0.307 e. The lowest BCUT2D eigenvalue weighted by Crippen LogP contribution is -2.10. The molecule has 0 atom stereocenters. The Morgan fingerprint density at radius 3 is 2.61 bits per heavy atom. The summed E-state index contributed by atoms with van der Waals surface area (Å²) in [7, 11) is 0. The fourth-order valence-corrected chi connectivity index (χ4v) is 3.33. The Labute approximate surface area is 173 Å². The molecule has 0 spiro atoms. The Balaban J connectivity index is 1.66. The number of anilines is 2. The molecule has 0 aliphatic carbocycles. The fraction of sp³-hybridized carbons (Fsp3) is 0.0476. The van der Waals surface area contributed by atoms with Crippen LogP contribution in [-0.2, 0) is 6.18 Å². The van der Waals surface area contributed by atoms with Crippen LogP contribution < -0.4 is 5.32 Å². The van der Waals surface area contributed by atoms with Crippen LogP contribution in [0.5, 0.6) is 0 Å². The average Bonchev–Trinajstić information content (AvgIpc) is 3.44. The molecule has 0 aliphatic heterocycles. The molecule has 2 aromatic carbocycles. The van der Waals surface area contributed by atoms with Crippen molar-refractivity contribution in [2.45, 2.75) is 6.18 Å². The molecule has 31 heavy (non-hydrogen) atoms. The van der Waals surface area contributed by atoms with Gasteiger partial charge in [0.05, 0.1) is 29.3 Å². The van der Waals surface area contributed by atoms with E-state index in [9.17, 15) is 13.2 Å². The lowest BCUT2D eigenvalue weighted by atomic mass is 10.0. The number of aromatic nitrogens is 6. The van der Waals surface area contributed by atoms with Gasteiger partial charge in [-0.1, -0.05) is 30.3 Å². The number of aromatic amines is 1. The molecular formula is C21H14F3N7. The summed E-state index contributed by atoms with van der Waals surface area (Å²) in [4.78, 5) is 12.7. The summed E-state index contributed by atoms with van der Waals surface area (Å²) in [5.74, 6) is 0.592. The molecule has 7 nitrogen and oxygen atoms in total. The quantitative estimate of drug-likeness (QED) is 0.428. The van der Waals surface area contributed by atoms with Gasteiger partial charge in [0.1, 0.15) is 5.69 Å². The summed E-state index contributed by atoms with van der Waals surface area (Å²) in [6, 6.07) is 12.8. The van der Waals surface area contributed by atoms with Crippen molar-refractivity contribution in [3.8, 4) is 16.9 Å². The number of hydrogen-bond donors (Lipinski definition) is 2. The second kappa shape index (κ2) is 7.24. The van der Waals surface area contributed by atoms with Crippen molar-refractivity contribution in [1.82, 2.24) is 29.7 Å². The van der Waals surface area contributed by atoms with Crippen LogP contribution in [0, 0.1) is 0 Å². The van der Waals surface area contributed by atoms with Gasteiger partial charge in [-0.05, 0) is 18.2 Å². The zero-order valence-corrected chi connectivity index (χ0v) is 15.8. The number of alkyl halides is 3. The summed E-state index contributed by atoms with van der Waals surface area (Å²) < 4.78 is 42.7. The third-order valence-corrected chi connectivity index (χ3v) is 4.74. The van der Waals surface area contributed by atoms with Crippen LogP contribution in [0.1, 0.15) is 5.56 Å². The van der Waals surface area contributed by atoms with Gasteiger partial charge in [0.15, 0.2) is 5.82 Å². The predicted octanol–water partition coefficient (Wildman–Crippen LogP) is 4.97. The predicted molar refractivity (Wildman–Crippen MR) is 109 cm³/mol. The Morgan fingerprint density at radius 1 is 1.00 bits per heavy atom. The summed E-state index contributed by atoms with van der Waals surface area (Å²) in [6.07, 6.45) is 1.54. The molecule has 5 aromatic rings. The van der Waals surface area contributed by atoms with Crippen molar-refractivity contribution in [3.63, 3.8) is 0 Å². The van der Waals surface area contributed by atoms with Crippen LogP contribution in [0.3, 0.4) is 0 Å². The summed E-state index contributed by atoms with van der Waals surface area (Å²) in [5, 5.41) is 10.9. The molecule has 0 fully saturated rings. The Bertz CT molecular complexity index is 1360. The normalized spacial score (nSPS) is 11.7. The van der Waals surface area contributed by atoms with Crippen molar-refractivity contribution < 1.29 is 13.2 Å². The van der Waals surface area contributed by atoms with Gasteiger partial charge in [-0.25, -0.2) is 15.0 Å². The van der Waals surface area contributed by atoms with Gasteiger partial charge in [0, 0.05) is 23.3 Å². The third kappa shape index (κ3) is 3.48. The van der Waals surface area contributed by atoms with Crippen molar-refractivity contribution in [2.75, 3.05) is 5.32 Å². The van der Waals surface area contributed by atoms with Gasteiger partial charge < -0.3 is 9.88 Å². The monoisotopic (exact) mass is 421 g/mol. The first-order chi connectivity index (χ1) is 15.0. The van der Waals surface area contributed by atoms with Gasteiger partial charge >= 0.3 is 6.18 Å². The van der Waals surface area contributed by atoms with Crippen molar-refractivity contribution in [1.29, 1.82) is 0 Å². The summed E-state index contributed by atoms with van der Waals surface area (Å²) >= 11 is 0. The second-order valence-electron chi connectivity index (χ2n) is 6.68. The van der Waals surface area contributed by atoms with Crippen molar-refractivity contribution in [2.24, 2.45) is 0 Å². The number of H-pyrrole nitrogens is 1. The van der Waals surface area contributed by atoms with E-state index in [0.717, 1.165) is 17.0 Å². The summed E-state index contributed by atoms with van der Waals surface area (Å²) in [6.45, 7) is 0. The van der Waals surface area contributed by atoms with Crippen LogP contribution in [0.25, 0.3) is 27.8 Å². The van der Waals surface area contributed by atoms with Gasteiger partial charge in [-0.15, -0.1) is 0 Å². The first-order valence-electron chi connectivity index (χ1n) is 9.23. The van der Waals surface area contributed by atoms with E-state index >= 15 is 0 Å². The molecule has 0 saturated carbocycles. The molecule has 0 unspecified atom stereocenters. The van der Waals surface area contributed by atoms with Crippen molar-refractivity contribution in [3.05, 3.63) is 79.0 Å². The highest BCUT2D eigenvalue weighted by molar-refractivity contribution is 5.90. The van der Waals surface area contributed by atoms with E-state index in [4.69, 9.17) is 0 Å². The number of benzene rings is 2. The molecule has 3 aromatic heterocycles. The Kier molecular flexibility index (Phi) is 4.39. The van der Waals surface area contributed by atoms with Crippen LogP contribution in [0.2, 0.25) is 0 Å². The van der Waals surface area contributed by atoms with E-state index in [2.05, 4.69) is 30.5 Å². The number of rotatable bonds is 4.